The third-order valence-corrected chi connectivity index (χ3v) is 4.15. The minimum absolute atomic E-state index is 0.110. The molecule has 0 saturated carbocycles. The Morgan fingerprint density at radius 3 is 2.86 bits per heavy atom. The maximum Gasteiger partial charge on any atom is 0.188 e. The van der Waals surface area contributed by atoms with Crippen molar-refractivity contribution in [2.75, 3.05) is 0 Å². The van der Waals surface area contributed by atoms with Crippen LogP contribution in [0.2, 0.25) is 0 Å². The van der Waals surface area contributed by atoms with Gasteiger partial charge in [0.1, 0.15) is 11.5 Å². The Morgan fingerprint density at radius 1 is 1.29 bits per heavy atom. The summed E-state index contributed by atoms with van der Waals surface area (Å²) in [5.74, 6) is -0.482. The Hall–Kier alpha value is -2.01. The van der Waals surface area contributed by atoms with Crippen LogP contribution in [0.5, 0.6) is 0 Å². The summed E-state index contributed by atoms with van der Waals surface area (Å²) in [4.78, 5) is 12.5. The van der Waals surface area contributed by atoms with Crippen molar-refractivity contribution < 1.29 is 9.18 Å². The van der Waals surface area contributed by atoms with E-state index in [-0.39, 0.29) is 18.0 Å². The fourth-order valence-corrected chi connectivity index (χ4v) is 2.74. The van der Waals surface area contributed by atoms with Crippen LogP contribution in [0.15, 0.2) is 46.9 Å². The van der Waals surface area contributed by atoms with Crippen LogP contribution in [0.3, 0.4) is 0 Å². The average Bonchev–Trinajstić information content (AvgIpc) is 2.81. The van der Waals surface area contributed by atoms with Crippen molar-refractivity contribution in [3.05, 3.63) is 64.0 Å². The predicted octanol–water partition coefficient (Wildman–Crippen LogP) is 3.90. The monoisotopic (exact) mass is 346 g/mol. The summed E-state index contributed by atoms with van der Waals surface area (Å²) >= 11 is 3.34. The molecule has 0 aliphatic carbocycles. The molecule has 0 radical (unpaired) electrons. The first-order chi connectivity index (χ1) is 10.1. The number of fused-ring (bicyclic) bond motifs is 1. The van der Waals surface area contributed by atoms with Gasteiger partial charge in [0.15, 0.2) is 5.78 Å². The largest absolute Gasteiger partial charge is 0.292 e. The SMILES string of the molecule is Cn1nc(C(=O)Cc2cc(F)ccc2Br)c2ccccc21. The molecule has 0 fully saturated rings. The second-order valence-electron chi connectivity index (χ2n) is 4.83. The third kappa shape index (κ3) is 2.61. The molecule has 106 valence electrons. The third-order valence-electron chi connectivity index (χ3n) is 3.38. The molecule has 0 spiro atoms. The number of ketones is 1. The van der Waals surface area contributed by atoms with E-state index in [9.17, 15) is 9.18 Å². The summed E-state index contributed by atoms with van der Waals surface area (Å²) < 4.78 is 15.7. The van der Waals surface area contributed by atoms with E-state index in [0.29, 0.717) is 11.3 Å². The molecule has 0 N–H and O–H groups in total. The van der Waals surface area contributed by atoms with Gasteiger partial charge in [-0.15, -0.1) is 0 Å². The standard InChI is InChI=1S/C16H12BrFN2O/c1-20-14-5-3-2-4-12(14)16(19-20)15(21)9-10-8-11(18)6-7-13(10)17/h2-8H,9H2,1H3. The second kappa shape index (κ2) is 5.41. The first-order valence-electron chi connectivity index (χ1n) is 6.45. The molecule has 0 bridgehead atoms. The lowest BCUT2D eigenvalue weighted by Crippen LogP contribution is -2.06. The summed E-state index contributed by atoms with van der Waals surface area (Å²) in [6.45, 7) is 0. The fraction of sp³-hybridized carbons (Fsp3) is 0.125. The van der Waals surface area contributed by atoms with E-state index in [1.54, 1.807) is 17.8 Å². The van der Waals surface area contributed by atoms with Crippen molar-refractivity contribution in [1.29, 1.82) is 0 Å². The van der Waals surface area contributed by atoms with Gasteiger partial charge in [0.05, 0.1) is 5.52 Å². The molecule has 0 saturated heterocycles. The highest BCUT2D eigenvalue weighted by molar-refractivity contribution is 9.10. The highest BCUT2D eigenvalue weighted by Crippen LogP contribution is 2.22. The number of halogens is 2. The Morgan fingerprint density at radius 2 is 2.05 bits per heavy atom. The number of rotatable bonds is 3. The Labute approximate surface area is 129 Å². The maximum atomic E-state index is 13.3. The number of hydrogen-bond acceptors (Lipinski definition) is 2. The summed E-state index contributed by atoms with van der Waals surface area (Å²) in [5.41, 5.74) is 1.94. The lowest BCUT2D eigenvalue weighted by molar-refractivity contribution is 0.0989. The van der Waals surface area contributed by atoms with E-state index in [4.69, 9.17) is 0 Å². The number of Topliss-reactive ketones (excluding diaryl/α,β-unsaturated/α-hetero) is 1. The molecule has 2 aromatic carbocycles. The fourth-order valence-electron chi connectivity index (χ4n) is 2.36. The Kier molecular flexibility index (Phi) is 3.59. The molecule has 3 aromatic rings. The highest BCUT2D eigenvalue weighted by Gasteiger charge is 2.17. The molecule has 0 unspecified atom stereocenters. The van der Waals surface area contributed by atoms with Crippen LogP contribution in [0, 0.1) is 5.82 Å². The number of nitrogens with zero attached hydrogens (tertiary/aromatic N) is 2. The first kappa shape index (κ1) is 13.9. The molecule has 0 aliphatic heterocycles. The number of aromatic nitrogens is 2. The van der Waals surface area contributed by atoms with Gasteiger partial charge in [0.25, 0.3) is 0 Å². The molecule has 0 aliphatic rings. The van der Waals surface area contributed by atoms with Gasteiger partial charge in [-0.2, -0.15) is 5.10 Å². The quantitative estimate of drug-likeness (QED) is 0.674. The van der Waals surface area contributed by atoms with Crippen molar-refractivity contribution in [3.8, 4) is 0 Å². The average molecular weight is 347 g/mol. The number of carbonyl (C=O) groups is 1. The lowest BCUT2D eigenvalue weighted by atomic mass is 10.0. The normalized spacial score (nSPS) is 11.0. The van der Waals surface area contributed by atoms with Crippen molar-refractivity contribution in [2.45, 2.75) is 6.42 Å². The summed E-state index contributed by atoms with van der Waals surface area (Å²) in [5, 5.41) is 5.11. The zero-order chi connectivity index (χ0) is 15.0. The molecule has 3 nitrogen and oxygen atoms in total. The molecule has 5 heteroatoms. The van der Waals surface area contributed by atoms with Gasteiger partial charge in [0, 0.05) is 23.3 Å². The highest BCUT2D eigenvalue weighted by atomic mass is 79.9. The Bertz CT molecular complexity index is 841. The van der Waals surface area contributed by atoms with Gasteiger partial charge in [-0.1, -0.05) is 34.1 Å². The van der Waals surface area contributed by atoms with Gasteiger partial charge < -0.3 is 0 Å². The van der Waals surface area contributed by atoms with Crippen molar-refractivity contribution in [2.24, 2.45) is 7.05 Å². The number of para-hydroxylation sites is 1. The van der Waals surface area contributed by atoms with E-state index < -0.39 is 0 Å². The van der Waals surface area contributed by atoms with E-state index in [0.717, 1.165) is 15.4 Å². The molecule has 0 amide bonds. The van der Waals surface area contributed by atoms with Crippen molar-refractivity contribution in [1.82, 2.24) is 9.78 Å². The molecule has 0 atom stereocenters. The smallest absolute Gasteiger partial charge is 0.188 e. The second-order valence-corrected chi connectivity index (χ2v) is 5.68. The maximum absolute atomic E-state index is 13.3. The molecular formula is C16H12BrFN2O. The van der Waals surface area contributed by atoms with Crippen LogP contribution in [-0.4, -0.2) is 15.6 Å². The number of hydrogen-bond donors (Lipinski definition) is 0. The van der Waals surface area contributed by atoms with Crippen LogP contribution < -0.4 is 0 Å². The van der Waals surface area contributed by atoms with Gasteiger partial charge in [-0.05, 0) is 29.8 Å². The number of benzene rings is 2. The zero-order valence-electron chi connectivity index (χ0n) is 11.3. The van der Waals surface area contributed by atoms with Crippen LogP contribution in [0.1, 0.15) is 16.1 Å². The lowest BCUT2D eigenvalue weighted by Gasteiger charge is -2.03. The van der Waals surface area contributed by atoms with Crippen molar-refractivity contribution in [3.63, 3.8) is 0 Å². The van der Waals surface area contributed by atoms with Crippen LogP contribution in [0.4, 0.5) is 4.39 Å². The number of aryl methyl sites for hydroxylation is 1. The number of carbonyl (C=O) groups excluding carboxylic acids is 1. The predicted molar refractivity (Wildman–Crippen MR) is 82.8 cm³/mol. The minimum atomic E-state index is -0.355. The molecule has 1 heterocycles. The molecule has 21 heavy (non-hydrogen) atoms. The van der Waals surface area contributed by atoms with Gasteiger partial charge >= 0.3 is 0 Å². The van der Waals surface area contributed by atoms with E-state index in [1.807, 2.05) is 24.3 Å². The molecule has 3 rings (SSSR count). The topological polar surface area (TPSA) is 34.9 Å². The Balaban J connectivity index is 2.00. The van der Waals surface area contributed by atoms with Crippen molar-refractivity contribution >= 4 is 32.6 Å². The van der Waals surface area contributed by atoms with Gasteiger partial charge in [-0.25, -0.2) is 4.39 Å². The van der Waals surface area contributed by atoms with Crippen LogP contribution >= 0.6 is 15.9 Å². The molecular weight excluding hydrogens is 335 g/mol. The summed E-state index contributed by atoms with van der Waals surface area (Å²) in [6.07, 6.45) is 0.110. The molecule has 1 aromatic heterocycles. The minimum Gasteiger partial charge on any atom is -0.292 e. The first-order valence-corrected chi connectivity index (χ1v) is 7.24. The van der Waals surface area contributed by atoms with E-state index in [1.165, 1.54) is 12.1 Å². The van der Waals surface area contributed by atoms with Gasteiger partial charge in [0.2, 0.25) is 0 Å². The van der Waals surface area contributed by atoms with E-state index in [2.05, 4.69) is 21.0 Å². The summed E-state index contributed by atoms with van der Waals surface area (Å²) in [6, 6.07) is 11.9. The van der Waals surface area contributed by atoms with E-state index >= 15 is 0 Å². The van der Waals surface area contributed by atoms with Crippen LogP contribution in [-0.2, 0) is 13.5 Å². The zero-order valence-corrected chi connectivity index (χ0v) is 12.9. The van der Waals surface area contributed by atoms with Gasteiger partial charge in [-0.3, -0.25) is 9.48 Å². The van der Waals surface area contributed by atoms with Crippen LogP contribution in [0.25, 0.3) is 10.9 Å². The summed E-state index contributed by atoms with van der Waals surface area (Å²) in [7, 11) is 1.80.